The molecule has 0 atom stereocenters. The van der Waals surface area contributed by atoms with Gasteiger partial charge in [-0.15, -0.1) is 10.2 Å². The Balaban J connectivity index is 2.47. The normalized spacial score (nSPS) is 11.1. The van der Waals surface area contributed by atoms with Crippen LogP contribution >= 0.6 is 0 Å². The monoisotopic (exact) mass is 287 g/mol. The molecular formula is C10H17N5O3S. The van der Waals surface area contributed by atoms with Gasteiger partial charge in [-0.3, -0.25) is 4.79 Å². The molecule has 0 radical (unpaired) electrons. The lowest BCUT2D eigenvalue weighted by Gasteiger charge is -2.09. The zero-order valence-corrected chi connectivity index (χ0v) is 11.9. The highest BCUT2D eigenvalue weighted by Gasteiger charge is 2.09. The van der Waals surface area contributed by atoms with E-state index in [-0.39, 0.29) is 18.1 Å². The fourth-order valence-corrected chi connectivity index (χ4v) is 1.67. The van der Waals surface area contributed by atoms with E-state index >= 15 is 0 Å². The van der Waals surface area contributed by atoms with Crippen LogP contribution in [0.15, 0.2) is 12.1 Å². The van der Waals surface area contributed by atoms with Crippen molar-refractivity contribution in [2.45, 2.75) is 0 Å². The van der Waals surface area contributed by atoms with Crippen molar-refractivity contribution in [3.05, 3.63) is 17.8 Å². The SMILES string of the molecule is CN(C)C(=O)c1ccc(NCCNS(C)(=O)=O)nn1. The number of carbonyl (C=O) groups excluding carboxylic acids is 1. The maximum atomic E-state index is 11.6. The second-order valence-electron chi connectivity index (χ2n) is 4.10. The van der Waals surface area contributed by atoms with E-state index in [0.29, 0.717) is 12.4 Å². The van der Waals surface area contributed by atoms with Crippen molar-refractivity contribution in [2.75, 3.05) is 38.8 Å². The molecule has 1 rings (SSSR count). The van der Waals surface area contributed by atoms with Gasteiger partial charge in [0.1, 0.15) is 5.82 Å². The summed E-state index contributed by atoms with van der Waals surface area (Å²) in [5.41, 5.74) is 0.254. The molecule has 0 aliphatic carbocycles. The number of anilines is 1. The standard InChI is InChI=1S/C10H17N5O3S/c1-15(2)10(16)8-4-5-9(14-13-8)11-6-7-12-19(3,17)18/h4-5,12H,6-7H2,1-3H3,(H,11,14). The largest absolute Gasteiger partial charge is 0.367 e. The molecular weight excluding hydrogens is 270 g/mol. The molecule has 2 N–H and O–H groups in total. The Morgan fingerprint density at radius 3 is 2.42 bits per heavy atom. The van der Waals surface area contributed by atoms with Crippen LogP contribution in [0.1, 0.15) is 10.5 Å². The molecule has 0 saturated carbocycles. The maximum absolute atomic E-state index is 11.6. The number of hydrogen-bond donors (Lipinski definition) is 2. The van der Waals surface area contributed by atoms with Crippen molar-refractivity contribution in [1.29, 1.82) is 0 Å². The molecule has 0 aliphatic rings. The molecule has 0 fully saturated rings. The zero-order chi connectivity index (χ0) is 14.5. The molecule has 1 aromatic rings. The molecule has 0 saturated heterocycles. The van der Waals surface area contributed by atoms with E-state index in [1.165, 1.54) is 4.90 Å². The van der Waals surface area contributed by atoms with Crippen molar-refractivity contribution < 1.29 is 13.2 Å². The summed E-state index contributed by atoms with van der Waals surface area (Å²) in [5, 5.41) is 10.5. The number of carbonyl (C=O) groups is 1. The van der Waals surface area contributed by atoms with Gasteiger partial charge in [0, 0.05) is 27.2 Å². The van der Waals surface area contributed by atoms with Gasteiger partial charge in [0.2, 0.25) is 10.0 Å². The predicted molar refractivity (Wildman–Crippen MR) is 71.4 cm³/mol. The van der Waals surface area contributed by atoms with Gasteiger partial charge in [0.15, 0.2) is 5.69 Å². The Hall–Kier alpha value is -1.74. The van der Waals surface area contributed by atoms with Crippen LogP contribution in [-0.4, -0.2) is 62.9 Å². The summed E-state index contributed by atoms with van der Waals surface area (Å²) >= 11 is 0. The minimum absolute atomic E-state index is 0.224. The number of nitrogens with one attached hydrogen (secondary N) is 2. The molecule has 0 aliphatic heterocycles. The summed E-state index contributed by atoms with van der Waals surface area (Å²) < 4.78 is 24.0. The van der Waals surface area contributed by atoms with E-state index in [1.54, 1.807) is 26.2 Å². The molecule has 19 heavy (non-hydrogen) atoms. The first-order valence-electron chi connectivity index (χ1n) is 5.53. The van der Waals surface area contributed by atoms with Crippen molar-refractivity contribution in [1.82, 2.24) is 19.8 Å². The smallest absolute Gasteiger partial charge is 0.273 e. The van der Waals surface area contributed by atoms with Gasteiger partial charge in [-0.2, -0.15) is 0 Å². The maximum Gasteiger partial charge on any atom is 0.273 e. The number of amides is 1. The zero-order valence-electron chi connectivity index (χ0n) is 11.0. The van der Waals surface area contributed by atoms with E-state index < -0.39 is 10.0 Å². The quantitative estimate of drug-likeness (QED) is 0.660. The first-order chi connectivity index (χ1) is 8.79. The van der Waals surface area contributed by atoms with Crippen LogP contribution in [0.5, 0.6) is 0 Å². The molecule has 106 valence electrons. The summed E-state index contributed by atoms with van der Waals surface area (Å²) in [5.74, 6) is 0.253. The predicted octanol–water partition coefficient (Wildman–Crippen LogP) is -0.860. The van der Waals surface area contributed by atoms with Gasteiger partial charge >= 0.3 is 0 Å². The average Bonchev–Trinajstić information content (AvgIpc) is 2.33. The number of hydrogen-bond acceptors (Lipinski definition) is 6. The van der Waals surface area contributed by atoms with Crippen molar-refractivity contribution >= 4 is 21.7 Å². The number of aromatic nitrogens is 2. The van der Waals surface area contributed by atoms with Gasteiger partial charge < -0.3 is 10.2 Å². The van der Waals surface area contributed by atoms with Crippen molar-refractivity contribution in [3.8, 4) is 0 Å². The summed E-state index contributed by atoms with van der Waals surface area (Å²) in [7, 11) is 0.0817. The first kappa shape index (κ1) is 15.3. The lowest BCUT2D eigenvalue weighted by atomic mass is 10.3. The molecule has 0 unspecified atom stereocenters. The Morgan fingerprint density at radius 2 is 1.95 bits per heavy atom. The summed E-state index contributed by atoms with van der Waals surface area (Å²) in [6.45, 7) is 0.627. The summed E-state index contributed by atoms with van der Waals surface area (Å²) in [6.07, 6.45) is 1.09. The van der Waals surface area contributed by atoms with Gasteiger partial charge in [-0.1, -0.05) is 0 Å². The third-order valence-electron chi connectivity index (χ3n) is 2.09. The average molecular weight is 287 g/mol. The van der Waals surface area contributed by atoms with Gasteiger partial charge in [-0.05, 0) is 12.1 Å². The second kappa shape index (κ2) is 6.43. The van der Waals surface area contributed by atoms with Crippen LogP contribution in [-0.2, 0) is 10.0 Å². The van der Waals surface area contributed by atoms with Crippen molar-refractivity contribution in [3.63, 3.8) is 0 Å². The number of sulfonamides is 1. The number of nitrogens with zero attached hydrogens (tertiary/aromatic N) is 3. The third kappa shape index (κ3) is 5.62. The summed E-state index contributed by atoms with van der Waals surface area (Å²) in [4.78, 5) is 13.0. The molecule has 1 amide bonds. The van der Waals surface area contributed by atoms with Crippen LogP contribution in [0.3, 0.4) is 0 Å². The topological polar surface area (TPSA) is 104 Å². The van der Waals surface area contributed by atoms with Gasteiger partial charge in [-0.25, -0.2) is 13.1 Å². The summed E-state index contributed by atoms with van der Waals surface area (Å²) in [6, 6.07) is 3.17. The molecule has 0 bridgehead atoms. The molecule has 0 aromatic carbocycles. The molecule has 1 heterocycles. The van der Waals surface area contributed by atoms with E-state index in [1.807, 2.05) is 0 Å². The van der Waals surface area contributed by atoms with E-state index in [0.717, 1.165) is 6.26 Å². The highest BCUT2D eigenvalue weighted by molar-refractivity contribution is 7.88. The molecule has 8 nitrogen and oxygen atoms in total. The Morgan fingerprint density at radius 1 is 1.26 bits per heavy atom. The minimum Gasteiger partial charge on any atom is -0.367 e. The molecule has 1 aromatic heterocycles. The van der Waals surface area contributed by atoms with Crippen LogP contribution < -0.4 is 10.0 Å². The highest BCUT2D eigenvalue weighted by atomic mass is 32.2. The van der Waals surface area contributed by atoms with Gasteiger partial charge in [0.05, 0.1) is 6.26 Å². The van der Waals surface area contributed by atoms with E-state index in [2.05, 4.69) is 20.2 Å². The third-order valence-corrected chi connectivity index (χ3v) is 2.81. The lowest BCUT2D eigenvalue weighted by molar-refractivity contribution is 0.0821. The number of rotatable bonds is 6. The first-order valence-corrected chi connectivity index (χ1v) is 7.42. The van der Waals surface area contributed by atoms with Crippen LogP contribution in [0.25, 0.3) is 0 Å². The Labute approximate surface area is 112 Å². The van der Waals surface area contributed by atoms with Crippen LogP contribution in [0.4, 0.5) is 5.82 Å². The molecule has 0 spiro atoms. The Bertz CT molecular complexity index is 527. The van der Waals surface area contributed by atoms with Crippen molar-refractivity contribution in [2.24, 2.45) is 0 Å². The van der Waals surface area contributed by atoms with Gasteiger partial charge in [0.25, 0.3) is 5.91 Å². The Kier molecular flexibility index (Phi) is 5.19. The minimum atomic E-state index is -3.18. The fourth-order valence-electron chi connectivity index (χ4n) is 1.20. The fraction of sp³-hybridized carbons (Fsp3) is 0.500. The van der Waals surface area contributed by atoms with E-state index in [9.17, 15) is 13.2 Å². The van der Waals surface area contributed by atoms with E-state index in [4.69, 9.17) is 0 Å². The lowest BCUT2D eigenvalue weighted by Crippen LogP contribution is -2.28. The second-order valence-corrected chi connectivity index (χ2v) is 5.93. The van der Waals surface area contributed by atoms with Crippen LogP contribution in [0.2, 0.25) is 0 Å². The highest BCUT2D eigenvalue weighted by Crippen LogP contribution is 2.02. The van der Waals surface area contributed by atoms with Crippen LogP contribution in [0, 0.1) is 0 Å². The molecule has 9 heteroatoms.